The number of benzene rings is 1. The largest absolute Gasteiger partial charge is 0.486 e. The topological polar surface area (TPSA) is 63.0 Å². The molecule has 0 N–H and O–H groups in total. The van der Waals surface area contributed by atoms with E-state index in [0.29, 0.717) is 37.7 Å². The standard InChI is InChI=1S/C18H20N2O4/c1-14(21)19-9-11-20(12-10-19)18(22)17-8-7-16(24-17)13-23-15-5-3-2-4-6-15/h2-8H,9-13H2,1H3. The van der Waals surface area contributed by atoms with E-state index in [9.17, 15) is 9.59 Å². The summed E-state index contributed by atoms with van der Waals surface area (Å²) in [5.74, 6) is 1.55. The van der Waals surface area contributed by atoms with Gasteiger partial charge in [-0.3, -0.25) is 9.59 Å². The summed E-state index contributed by atoms with van der Waals surface area (Å²) < 4.78 is 11.2. The minimum Gasteiger partial charge on any atom is -0.486 e. The number of amides is 2. The summed E-state index contributed by atoms with van der Waals surface area (Å²) >= 11 is 0. The number of ether oxygens (including phenoxy) is 1. The van der Waals surface area contributed by atoms with Crippen molar-refractivity contribution < 1.29 is 18.7 Å². The molecule has 6 nitrogen and oxygen atoms in total. The number of nitrogens with zero attached hydrogens (tertiary/aromatic N) is 2. The molecule has 3 rings (SSSR count). The highest BCUT2D eigenvalue weighted by atomic mass is 16.5. The van der Waals surface area contributed by atoms with E-state index in [1.54, 1.807) is 28.9 Å². The van der Waals surface area contributed by atoms with Gasteiger partial charge in [0.2, 0.25) is 5.91 Å². The lowest BCUT2D eigenvalue weighted by Gasteiger charge is -2.33. The van der Waals surface area contributed by atoms with Crippen molar-refractivity contribution in [3.8, 4) is 5.75 Å². The van der Waals surface area contributed by atoms with Crippen LogP contribution >= 0.6 is 0 Å². The summed E-state index contributed by atoms with van der Waals surface area (Å²) in [7, 11) is 0. The van der Waals surface area contributed by atoms with E-state index in [4.69, 9.17) is 9.15 Å². The molecule has 2 amide bonds. The van der Waals surface area contributed by atoms with E-state index in [-0.39, 0.29) is 18.4 Å². The van der Waals surface area contributed by atoms with E-state index in [2.05, 4.69) is 0 Å². The van der Waals surface area contributed by atoms with Gasteiger partial charge in [0.25, 0.3) is 5.91 Å². The number of carbonyl (C=O) groups excluding carboxylic acids is 2. The Morgan fingerprint density at radius 2 is 1.67 bits per heavy atom. The zero-order chi connectivity index (χ0) is 16.9. The molecule has 1 fully saturated rings. The number of piperazine rings is 1. The third-order valence-corrected chi connectivity index (χ3v) is 4.01. The number of rotatable bonds is 4. The SMILES string of the molecule is CC(=O)N1CCN(C(=O)c2ccc(COc3ccccc3)o2)CC1. The number of furan rings is 1. The molecule has 24 heavy (non-hydrogen) atoms. The third-order valence-electron chi connectivity index (χ3n) is 4.01. The Labute approximate surface area is 140 Å². The fourth-order valence-corrected chi connectivity index (χ4v) is 2.62. The number of hydrogen-bond donors (Lipinski definition) is 0. The molecule has 1 aliphatic heterocycles. The van der Waals surface area contributed by atoms with Crippen LogP contribution < -0.4 is 4.74 Å². The van der Waals surface area contributed by atoms with Crippen LogP contribution in [0, 0.1) is 0 Å². The molecule has 1 aromatic heterocycles. The van der Waals surface area contributed by atoms with Crippen LogP contribution in [-0.2, 0) is 11.4 Å². The maximum Gasteiger partial charge on any atom is 0.289 e. The van der Waals surface area contributed by atoms with Crippen molar-refractivity contribution in [2.45, 2.75) is 13.5 Å². The Hall–Kier alpha value is -2.76. The minimum absolute atomic E-state index is 0.0421. The van der Waals surface area contributed by atoms with Gasteiger partial charge in [0.05, 0.1) is 0 Å². The molecule has 1 saturated heterocycles. The van der Waals surface area contributed by atoms with E-state index in [1.165, 1.54) is 0 Å². The molecule has 0 unspecified atom stereocenters. The molecule has 0 spiro atoms. The third kappa shape index (κ3) is 3.76. The molecule has 2 heterocycles. The normalized spacial score (nSPS) is 14.5. The summed E-state index contributed by atoms with van der Waals surface area (Å²) in [6.45, 7) is 3.99. The molecule has 0 bridgehead atoms. The molecular formula is C18H20N2O4. The van der Waals surface area contributed by atoms with Gasteiger partial charge in [-0.15, -0.1) is 0 Å². The smallest absolute Gasteiger partial charge is 0.289 e. The van der Waals surface area contributed by atoms with Gasteiger partial charge in [-0.05, 0) is 24.3 Å². The fraction of sp³-hybridized carbons (Fsp3) is 0.333. The van der Waals surface area contributed by atoms with E-state index in [0.717, 1.165) is 5.75 Å². The Balaban J connectivity index is 1.55. The average Bonchev–Trinajstić information content (AvgIpc) is 3.09. The minimum atomic E-state index is -0.149. The first-order chi connectivity index (χ1) is 11.6. The molecule has 0 atom stereocenters. The van der Waals surface area contributed by atoms with Gasteiger partial charge in [-0.2, -0.15) is 0 Å². The van der Waals surface area contributed by atoms with Crippen LogP contribution in [0.25, 0.3) is 0 Å². The molecule has 0 aliphatic carbocycles. The van der Waals surface area contributed by atoms with Gasteiger partial charge >= 0.3 is 0 Å². The Morgan fingerprint density at radius 1 is 1.00 bits per heavy atom. The van der Waals surface area contributed by atoms with Gasteiger partial charge in [-0.1, -0.05) is 18.2 Å². The lowest BCUT2D eigenvalue weighted by molar-refractivity contribution is -0.130. The molecule has 6 heteroatoms. The maximum absolute atomic E-state index is 12.5. The highest BCUT2D eigenvalue weighted by Crippen LogP contribution is 2.16. The van der Waals surface area contributed by atoms with Gasteiger partial charge < -0.3 is 19.0 Å². The van der Waals surface area contributed by atoms with Crippen molar-refractivity contribution >= 4 is 11.8 Å². The van der Waals surface area contributed by atoms with E-state index < -0.39 is 0 Å². The van der Waals surface area contributed by atoms with Crippen molar-refractivity contribution in [3.63, 3.8) is 0 Å². The summed E-state index contributed by atoms with van der Waals surface area (Å²) in [6.07, 6.45) is 0. The summed E-state index contributed by atoms with van der Waals surface area (Å²) in [4.78, 5) is 27.2. The Morgan fingerprint density at radius 3 is 2.33 bits per heavy atom. The van der Waals surface area contributed by atoms with Gasteiger partial charge in [0.1, 0.15) is 18.1 Å². The first kappa shape index (κ1) is 16.1. The molecule has 2 aromatic rings. The van der Waals surface area contributed by atoms with Crippen molar-refractivity contribution in [1.82, 2.24) is 9.80 Å². The van der Waals surface area contributed by atoms with Crippen LogP contribution in [0.2, 0.25) is 0 Å². The van der Waals surface area contributed by atoms with Crippen LogP contribution in [0.1, 0.15) is 23.2 Å². The summed E-state index contributed by atoms with van der Waals surface area (Å²) in [6, 6.07) is 12.9. The second-order valence-corrected chi connectivity index (χ2v) is 5.67. The highest BCUT2D eigenvalue weighted by molar-refractivity contribution is 5.91. The van der Waals surface area contributed by atoms with Crippen molar-refractivity contribution in [3.05, 3.63) is 54.0 Å². The van der Waals surface area contributed by atoms with Crippen molar-refractivity contribution in [2.24, 2.45) is 0 Å². The van der Waals surface area contributed by atoms with Crippen LogP contribution in [0.3, 0.4) is 0 Å². The predicted octanol–water partition coefficient (Wildman–Crippen LogP) is 2.16. The zero-order valence-electron chi connectivity index (χ0n) is 13.6. The second kappa shape index (κ2) is 7.21. The van der Waals surface area contributed by atoms with E-state index in [1.807, 2.05) is 30.3 Å². The van der Waals surface area contributed by atoms with Crippen molar-refractivity contribution in [1.29, 1.82) is 0 Å². The molecule has 126 valence electrons. The van der Waals surface area contributed by atoms with Gasteiger partial charge in [0.15, 0.2) is 5.76 Å². The molecule has 1 aromatic carbocycles. The number of hydrogen-bond acceptors (Lipinski definition) is 4. The van der Waals surface area contributed by atoms with Crippen LogP contribution in [0.4, 0.5) is 0 Å². The Bertz CT molecular complexity index is 703. The second-order valence-electron chi connectivity index (χ2n) is 5.67. The predicted molar refractivity (Wildman–Crippen MR) is 87.6 cm³/mol. The molecule has 0 saturated carbocycles. The van der Waals surface area contributed by atoms with Crippen LogP contribution in [0.5, 0.6) is 5.75 Å². The zero-order valence-corrected chi connectivity index (χ0v) is 13.6. The van der Waals surface area contributed by atoms with E-state index >= 15 is 0 Å². The molecule has 1 aliphatic rings. The van der Waals surface area contributed by atoms with Crippen LogP contribution in [-0.4, -0.2) is 47.8 Å². The highest BCUT2D eigenvalue weighted by Gasteiger charge is 2.25. The lowest BCUT2D eigenvalue weighted by atomic mass is 10.3. The lowest BCUT2D eigenvalue weighted by Crippen LogP contribution is -2.50. The number of carbonyl (C=O) groups is 2. The maximum atomic E-state index is 12.5. The summed E-state index contributed by atoms with van der Waals surface area (Å²) in [5, 5.41) is 0. The average molecular weight is 328 g/mol. The van der Waals surface area contributed by atoms with Gasteiger partial charge in [-0.25, -0.2) is 0 Å². The first-order valence-electron chi connectivity index (χ1n) is 7.95. The summed E-state index contributed by atoms with van der Waals surface area (Å²) in [5.41, 5.74) is 0. The molecule has 0 radical (unpaired) electrons. The van der Waals surface area contributed by atoms with Crippen molar-refractivity contribution in [2.75, 3.05) is 26.2 Å². The van der Waals surface area contributed by atoms with Crippen LogP contribution in [0.15, 0.2) is 46.9 Å². The first-order valence-corrected chi connectivity index (χ1v) is 7.95. The quantitative estimate of drug-likeness (QED) is 0.863. The number of para-hydroxylation sites is 1. The Kier molecular flexibility index (Phi) is 4.84. The monoisotopic (exact) mass is 328 g/mol. The van der Waals surface area contributed by atoms with Gasteiger partial charge in [0, 0.05) is 33.1 Å². The fourth-order valence-electron chi connectivity index (χ4n) is 2.62. The molecular weight excluding hydrogens is 308 g/mol.